The SMILES string of the molecule is CCNC(C)C1(O)C=CC(C)CC1. The summed E-state index contributed by atoms with van der Waals surface area (Å²) in [4.78, 5) is 0. The fourth-order valence-electron chi connectivity index (χ4n) is 1.81. The third-order valence-electron chi connectivity index (χ3n) is 2.97. The fraction of sp³-hybridized carbons (Fsp3) is 0.818. The Morgan fingerprint density at radius 2 is 2.38 bits per heavy atom. The lowest BCUT2D eigenvalue weighted by atomic mass is 9.81. The van der Waals surface area contributed by atoms with Gasteiger partial charge >= 0.3 is 0 Å². The summed E-state index contributed by atoms with van der Waals surface area (Å²) in [6.45, 7) is 7.21. The smallest absolute Gasteiger partial charge is 0.0977 e. The number of nitrogens with one attached hydrogen (secondary N) is 1. The summed E-state index contributed by atoms with van der Waals surface area (Å²) in [5.41, 5.74) is -0.622. The van der Waals surface area contributed by atoms with E-state index in [1.54, 1.807) is 0 Å². The van der Waals surface area contributed by atoms with Gasteiger partial charge in [-0.1, -0.05) is 26.0 Å². The Morgan fingerprint density at radius 1 is 1.69 bits per heavy atom. The predicted molar refractivity (Wildman–Crippen MR) is 55.6 cm³/mol. The molecule has 0 aromatic heterocycles. The lowest BCUT2D eigenvalue weighted by molar-refractivity contribution is 0.0366. The van der Waals surface area contributed by atoms with Crippen LogP contribution in [-0.4, -0.2) is 23.3 Å². The highest BCUT2D eigenvalue weighted by molar-refractivity contribution is 5.11. The van der Waals surface area contributed by atoms with Crippen LogP contribution < -0.4 is 5.32 Å². The van der Waals surface area contributed by atoms with Crippen LogP contribution >= 0.6 is 0 Å². The molecule has 0 amide bonds. The highest BCUT2D eigenvalue weighted by atomic mass is 16.3. The van der Waals surface area contributed by atoms with Gasteiger partial charge in [0.05, 0.1) is 5.60 Å². The van der Waals surface area contributed by atoms with Gasteiger partial charge in [-0.2, -0.15) is 0 Å². The zero-order valence-corrected chi connectivity index (χ0v) is 8.88. The van der Waals surface area contributed by atoms with Crippen LogP contribution in [0.1, 0.15) is 33.6 Å². The molecule has 1 aliphatic rings. The first-order valence-electron chi connectivity index (χ1n) is 5.23. The molecule has 0 heterocycles. The molecule has 1 rings (SSSR count). The zero-order valence-electron chi connectivity index (χ0n) is 8.88. The van der Waals surface area contributed by atoms with E-state index in [2.05, 4.69) is 25.2 Å². The molecular formula is C11H21NO. The van der Waals surface area contributed by atoms with Gasteiger partial charge in [-0.3, -0.25) is 0 Å². The van der Waals surface area contributed by atoms with Crippen molar-refractivity contribution in [2.45, 2.75) is 45.3 Å². The third-order valence-corrected chi connectivity index (χ3v) is 2.97. The quantitative estimate of drug-likeness (QED) is 0.653. The summed E-state index contributed by atoms with van der Waals surface area (Å²) in [6, 6.07) is 0.154. The molecule has 1 aliphatic carbocycles. The van der Waals surface area contributed by atoms with Crippen molar-refractivity contribution >= 4 is 0 Å². The summed E-state index contributed by atoms with van der Waals surface area (Å²) >= 11 is 0. The number of hydrogen-bond acceptors (Lipinski definition) is 2. The van der Waals surface area contributed by atoms with Gasteiger partial charge in [0.25, 0.3) is 0 Å². The number of aliphatic hydroxyl groups is 1. The van der Waals surface area contributed by atoms with Crippen LogP contribution in [0.2, 0.25) is 0 Å². The van der Waals surface area contributed by atoms with Crippen LogP contribution in [0.15, 0.2) is 12.2 Å². The van der Waals surface area contributed by atoms with Gasteiger partial charge in [0.2, 0.25) is 0 Å². The molecule has 2 nitrogen and oxygen atoms in total. The summed E-state index contributed by atoms with van der Waals surface area (Å²) in [5, 5.41) is 13.5. The number of allylic oxidation sites excluding steroid dienone is 1. The first kappa shape index (κ1) is 10.7. The van der Waals surface area contributed by atoms with Crippen LogP contribution in [0, 0.1) is 5.92 Å². The Bertz CT molecular complexity index is 191. The van der Waals surface area contributed by atoms with Crippen molar-refractivity contribution in [1.29, 1.82) is 0 Å². The summed E-state index contributed by atoms with van der Waals surface area (Å²) in [5.74, 6) is 0.620. The van der Waals surface area contributed by atoms with E-state index in [0.29, 0.717) is 5.92 Å². The van der Waals surface area contributed by atoms with E-state index in [0.717, 1.165) is 19.4 Å². The molecule has 0 saturated heterocycles. The first-order valence-corrected chi connectivity index (χ1v) is 5.23. The highest BCUT2D eigenvalue weighted by Gasteiger charge is 2.32. The molecular weight excluding hydrogens is 162 g/mol. The average Bonchev–Trinajstić information content (AvgIpc) is 2.11. The average molecular weight is 183 g/mol. The van der Waals surface area contributed by atoms with Crippen LogP contribution in [-0.2, 0) is 0 Å². The third kappa shape index (κ3) is 2.55. The normalized spacial score (nSPS) is 36.2. The Labute approximate surface area is 81.0 Å². The standard InChI is InChI=1S/C11H21NO/c1-4-12-10(3)11(13)7-5-9(2)6-8-11/h5,7,9-10,12-13H,4,6,8H2,1-3H3. The molecule has 0 radical (unpaired) electrons. The fourth-order valence-corrected chi connectivity index (χ4v) is 1.81. The van der Waals surface area contributed by atoms with E-state index in [1.807, 2.05) is 13.0 Å². The van der Waals surface area contributed by atoms with Crippen molar-refractivity contribution in [3.8, 4) is 0 Å². The lowest BCUT2D eigenvalue weighted by Crippen LogP contribution is -2.48. The van der Waals surface area contributed by atoms with Gasteiger partial charge in [-0.15, -0.1) is 0 Å². The second kappa shape index (κ2) is 4.25. The Kier molecular flexibility index (Phi) is 3.51. The Balaban J connectivity index is 2.60. The molecule has 3 unspecified atom stereocenters. The molecule has 0 aromatic rings. The number of likely N-dealkylation sites (N-methyl/N-ethyl adjacent to an activating group) is 1. The minimum atomic E-state index is -0.622. The second-order valence-electron chi connectivity index (χ2n) is 4.15. The minimum Gasteiger partial charge on any atom is -0.384 e. The van der Waals surface area contributed by atoms with Crippen LogP contribution in [0.5, 0.6) is 0 Å². The van der Waals surface area contributed by atoms with Crippen molar-refractivity contribution in [3.05, 3.63) is 12.2 Å². The van der Waals surface area contributed by atoms with Crippen molar-refractivity contribution in [3.63, 3.8) is 0 Å². The molecule has 0 aromatic carbocycles. The van der Waals surface area contributed by atoms with Gasteiger partial charge in [0.1, 0.15) is 0 Å². The molecule has 13 heavy (non-hydrogen) atoms. The molecule has 76 valence electrons. The predicted octanol–water partition coefficient (Wildman–Crippen LogP) is 1.70. The second-order valence-corrected chi connectivity index (χ2v) is 4.15. The van der Waals surface area contributed by atoms with E-state index in [9.17, 15) is 5.11 Å². The van der Waals surface area contributed by atoms with Crippen molar-refractivity contribution < 1.29 is 5.11 Å². The van der Waals surface area contributed by atoms with E-state index in [-0.39, 0.29) is 6.04 Å². The maximum atomic E-state index is 10.2. The van der Waals surface area contributed by atoms with Crippen molar-refractivity contribution in [1.82, 2.24) is 5.32 Å². The van der Waals surface area contributed by atoms with E-state index in [1.165, 1.54) is 0 Å². The van der Waals surface area contributed by atoms with Gasteiger partial charge < -0.3 is 10.4 Å². The topological polar surface area (TPSA) is 32.3 Å². The number of rotatable bonds is 3. The van der Waals surface area contributed by atoms with Gasteiger partial charge in [0, 0.05) is 6.04 Å². The van der Waals surface area contributed by atoms with E-state index in [4.69, 9.17) is 0 Å². The molecule has 0 spiro atoms. The van der Waals surface area contributed by atoms with Gasteiger partial charge in [-0.25, -0.2) is 0 Å². The zero-order chi connectivity index (χ0) is 9.90. The van der Waals surface area contributed by atoms with Crippen LogP contribution in [0.4, 0.5) is 0 Å². The lowest BCUT2D eigenvalue weighted by Gasteiger charge is -2.35. The Morgan fingerprint density at radius 3 is 2.85 bits per heavy atom. The van der Waals surface area contributed by atoms with Gasteiger partial charge in [0.15, 0.2) is 0 Å². The maximum Gasteiger partial charge on any atom is 0.0977 e. The van der Waals surface area contributed by atoms with Gasteiger partial charge in [-0.05, 0) is 32.2 Å². The molecule has 0 aliphatic heterocycles. The summed E-state index contributed by atoms with van der Waals surface area (Å²) in [6.07, 6.45) is 6.05. The molecule has 0 saturated carbocycles. The highest BCUT2D eigenvalue weighted by Crippen LogP contribution is 2.28. The first-order chi connectivity index (χ1) is 6.08. The Hall–Kier alpha value is -0.340. The van der Waals surface area contributed by atoms with Crippen LogP contribution in [0.3, 0.4) is 0 Å². The summed E-state index contributed by atoms with van der Waals surface area (Å²) < 4.78 is 0. The van der Waals surface area contributed by atoms with Crippen LogP contribution in [0.25, 0.3) is 0 Å². The molecule has 2 N–H and O–H groups in total. The summed E-state index contributed by atoms with van der Waals surface area (Å²) in [7, 11) is 0. The molecule has 0 bridgehead atoms. The molecule has 2 heteroatoms. The van der Waals surface area contributed by atoms with Crippen molar-refractivity contribution in [2.24, 2.45) is 5.92 Å². The van der Waals surface area contributed by atoms with E-state index >= 15 is 0 Å². The number of hydrogen-bond donors (Lipinski definition) is 2. The molecule has 3 atom stereocenters. The monoisotopic (exact) mass is 183 g/mol. The minimum absolute atomic E-state index is 0.154. The maximum absolute atomic E-state index is 10.2. The molecule has 0 fully saturated rings. The van der Waals surface area contributed by atoms with E-state index < -0.39 is 5.60 Å². The largest absolute Gasteiger partial charge is 0.384 e. The van der Waals surface area contributed by atoms with Crippen molar-refractivity contribution in [2.75, 3.05) is 6.54 Å².